The SMILES string of the molecule is C#C[C@@H](CC(=O)OC)NC(=O)C(C)C. The lowest BCUT2D eigenvalue weighted by molar-refractivity contribution is -0.141. The van der Waals surface area contributed by atoms with E-state index in [1.54, 1.807) is 13.8 Å². The predicted molar refractivity (Wildman–Crippen MR) is 52.2 cm³/mol. The van der Waals surface area contributed by atoms with Crippen LogP contribution in [0.3, 0.4) is 0 Å². The Morgan fingerprint density at radius 1 is 1.50 bits per heavy atom. The summed E-state index contributed by atoms with van der Waals surface area (Å²) < 4.78 is 4.44. The molecule has 0 aliphatic heterocycles. The van der Waals surface area contributed by atoms with E-state index in [0.29, 0.717) is 0 Å². The third-order valence-corrected chi connectivity index (χ3v) is 1.64. The number of terminal acetylenes is 1. The van der Waals surface area contributed by atoms with Gasteiger partial charge in [-0.3, -0.25) is 9.59 Å². The zero-order valence-corrected chi connectivity index (χ0v) is 8.66. The van der Waals surface area contributed by atoms with Crippen LogP contribution in [0, 0.1) is 18.3 Å². The van der Waals surface area contributed by atoms with Crippen molar-refractivity contribution in [2.24, 2.45) is 5.92 Å². The fourth-order valence-corrected chi connectivity index (χ4v) is 0.740. The monoisotopic (exact) mass is 197 g/mol. The van der Waals surface area contributed by atoms with Gasteiger partial charge < -0.3 is 10.1 Å². The zero-order valence-electron chi connectivity index (χ0n) is 8.66. The second kappa shape index (κ2) is 6.03. The first kappa shape index (κ1) is 12.5. The highest BCUT2D eigenvalue weighted by Crippen LogP contribution is 1.97. The minimum Gasteiger partial charge on any atom is -0.469 e. The summed E-state index contributed by atoms with van der Waals surface area (Å²) in [6, 6.07) is -0.586. The van der Waals surface area contributed by atoms with Crippen molar-refractivity contribution in [3.05, 3.63) is 0 Å². The average molecular weight is 197 g/mol. The fraction of sp³-hybridized carbons (Fsp3) is 0.600. The van der Waals surface area contributed by atoms with Gasteiger partial charge in [-0.2, -0.15) is 0 Å². The Labute approximate surface area is 84.0 Å². The summed E-state index contributed by atoms with van der Waals surface area (Å²) in [5.41, 5.74) is 0. The van der Waals surface area contributed by atoms with Gasteiger partial charge in [-0.15, -0.1) is 6.42 Å². The van der Waals surface area contributed by atoms with Crippen LogP contribution in [-0.2, 0) is 14.3 Å². The van der Waals surface area contributed by atoms with Crippen LogP contribution >= 0.6 is 0 Å². The molecule has 0 aromatic carbocycles. The van der Waals surface area contributed by atoms with Gasteiger partial charge in [0.05, 0.1) is 13.5 Å². The maximum absolute atomic E-state index is 11.2. The largest absolute Gasteiger partial charge is 0.469 e. The Hall–Kier alpha value is -1.50. The summed E-state index contributed by atoms with van der Waals surface area (Å²) in [7, 11) is 1.28. The molecule has 0 aromatic rings. The number of methoxy groups -OCH3 is 1. The first-order chi connectivity index (χ1) is 6.51. The summed E-state index contributed by atoms with van der Waals surface area (Å²) in [6.45, 7) is 3.50. The number of rotatable bonds is 4. The Bertz CT molecular complexity index is 253. The molecule has 1 atom stereocenters. The number of amides is 1. The van der Waals surface area contributed by atoms with Gasteiger partial charge in [-0.25, -0.2) is 0 Å². The Kier molecular flexibility index (Phi) is 5.38. The molecule has 0 aliphatic carbocycles. The first-order valence-electron chi connectivity index (χ1n) is 4.34. The molecule has 78 valence electrons. The number of hydrogen-bond acceptors (Lipinski definition) is 3. The van der Waals surface area contributed by atoms with E-state index < -0.39 is 12.0 Å². The minimum atomic E-state index is -0.586. The van der Waals surface area contributed by atoms with E-state index in [1.807, 2.05) is 0 Å². The van der Waals surface area contributed by atoms with E-state index in [0.717, 1.165) is 0 Å². The smallest absolute Gasteiger partial charge is 0.308 e. The van der Waals surface area contributed by atoms with E-state index in [4.69, 9.17) is 6.42 Å². The van der Waals surface area contributed by atoms with Crippen LogP contribution in [0.2, 0.25) is 0 Å². The summed E-state index contributed by atoms with van der Waals surface area (Å²) >= 11 is 0. The number of carbonyl (C=O) groups is 2. The van der Waals surface area contributed by atoms with Crippen molar-refractivity contribution in [2.45, 2.75) is 26.3 Å². The molecule has 0 saturated heterocycles. The van der Waals surface area contributed by atoms with Gasteiger partial charge in [0.15, 0.2) is 0 Å². The number of carbonyl (C=O) groups excluding carboxylic acids is 2. The first-order valence-corrected chi connectivity index (χ1v) is 4.34. The van der Waals surface area contributed by atoms with Crippen LogP contribution in [0.4, 0.5) is 0 Å². The number of ether oxygens (including phenoxy) is 1. The van der Waals surface area contributed by atoms with Crippen molar-refractivity contribution in [3.8, 4) is 12.3 Å². The molecule has 0 fully saturated rings. The van der Waals surface area contributed by atoms with Gasteiger partial charge in [0.2, 0.25) is 5.91 Å². The van der Waals surface area contributed by atoms with Crippen LogP contribution in [0.25, 0.3) is 0 Å². The van der Waals surface area contributed by atoms with Gasteiger partial charge in [0.25, 0.3) is 0 Å². The van der Waals surface area contributed by atoms with E-state index in [2.05, 4.69) is 16.0 Å². The van der Waals surface area contributed by atoms with E-state index in [1.165, 1.54) is 7.11 Å². The fourth-order valence-electron chi connectivity index (χ4n) is 0.740. The second-order valence-electron chi connectivity index (χ2n) is 3.16. The normalized spacial score (nSPS) is 11.6. The zero-order chi connectivity index (χ0) is 11.1. The highest BCUT2D eigenvalue weighted by Gasteiger charge is 2.15. The molecular formula is C10H15NO3. The molecule has 0 saturated carbocycles. The molecule has 1 amide bonds. The highest BCUT2D eigenvalue weighted by atomic mass is 16.5. The third-order valence-electron chi connectivity index (χ3n) is 1.64. The lowest BCUT2D eigenvalue weighted by Crippen LogP contribution is -2.38. The van der Waals surface area contributed by atoms with Crippen molar-refractivity contribution in [2.75, 3.05) is 7.11 Å². The Morgan fingerprint density at radius 2 is 2.07 bits per heavy atom. The molecule has 0 spiro atoms. The Morgan fingerprint density at radius 3 is 2.43 bits per heavy atom. The van der Waals surface area contributed by atoms with E-state index >= 15 is 0 Å². The molecule has 0 radical (unpaired) electrons. The molecule has 4 heteroatoms. The molecule has 0 rings (SSSR count). The lowest BCUT2D eigenvalue weighted by Gasteiger charge is -2.13. The van der Waals surface area contributed by atoms with Gasteiger partial charge in [-0.05, 0) is 0 Å². The van der Waals surface area contributed by atoms with Gasteiger partial charge in [0.1, 0.15) is 6.04 Å². The summed E-state index contributed by atoms with van der Waals surface area (Å²) in [6.07, 6.45) is 5.16. The number of esters is 1. The third kappa shape index (κ3) is 4.51. The van der Waals surface area contributed by atoms with Crippen LogP contribution in [0.15, 0.2) is 0 Å². The van der Waals surface area contributed by atoms with Crippen LogP contribution in [0.1, 0.15) is 20.3 Å². The van der Waals surface area contributed by atoms with Crippen molar-refractivity contribution in [1.29, 1.82) is 0 Å². The predicted octanol–water partition coefficient (Wildman–Crippen LogP) is 0.323. The van der Waals surface area contributed by atoms with E-state index in [9.17, 15) is 9.59 Å². The molecule has 4 nitrogen and oxygen atoms in total. The highest BCUT2D eigenvalue weighted by molar-refractivity contribution is 5.79. The number of hydrogen-bond donors (Lipinski definition) is 1. The van der Waals surface area contributed by atoms with Crippen molar-refractivity contribution < 1.29 is 14.3 Å². The molecule has 0 heterocycles. The summed E-state index contributed by atoms with van der Waals surface area (Å²) in [5.74, 6) is 1.57. The van der Waals surface area contributed by atoms with Crippen molar-refractivity contribution in [1.82, 2.24) is 5.32 Å². The minimum absolute atomic E-state index is 0.00542. The van der Waals surface area contributed by atoms with Crippen molar-refractivity contribution >= 4 is 11.9 Å². The lowest BCUT2D eigenvalue weighted by atomic mass is 10.1. The van der Waals surface area contributed by atoms with Crippen LogP contribution in [-0.4, -0.2) is 25.0 Å². The van der Waals surface area contributed by atoms with Gasteiger partial charge in [0, 0.05) is 5.92 Å². The molecular weight excluding hydrogens is 182 g/mol. The maximum atomic E-state index is 11.2. The number of nitrogens with one attached hydrogen (secondary N) is 1. The second-order valence-corrected chi connectivity index (χ2v) is 3.16. The summed E-state index contributed by atoms with van der Waals surface area (Å²) in [4.78, 5) is 22.1. The molecule has 0 bridgehead atoms. The molecule has 0 unspecified atom stereocenters. The topological polar surface area (TPSA) is 55.4 Å². The van der Waals surface area contributed by atoms with Crippen molar-refractivity contribution in [3.63, 3.8) is 0 Å². The molecule has 14 heavy (non-hydrogen) atoms. The quantitative estimate of drug-likeness (QED) is 0.521. The Balaban J connectivity index is 4.12. The molecule has 0 aliphatic rings. The molecule has 1 N–H and O–H groups in total. The van der Waals surface area contributed by atoms with Gasteiger partial charge in [-0.1, -0.05) is 19.8 Å². The van der Waals surface area contributed by atoms with Crippen LogP contribution < -0.4 is 5.32 Å². The molecule has 0 aromatic heterocycles. The summed E-state index contributed by atoms with van der Waals surface area (Å²) in [5, 5.41) is 2.56. The van der Waals surface area contributed by atoms with Gasteiger partial charge >= 0.3 is 5.97 Å². The standard InChI is InChI=1S/C10H15NO3/c1-5-8(6-9(12)14-4)11-10(13)7(2)3/h1,7-8H,6H2,2-4H3,(H,11,13)/t8-/m0/s1. The maximum Gasteiger partial charge on any atom is 0.308 e. The van der Waals surface area contributed by atoms with E-state index in [-0.39, 0.29) is 18.2 Å². The van der Waals surface area contributed by atoms with Crippen LogP contribution in [0.5, 0.6) is 0 Å². The average Bonchev–Trinajstić information content (AvgIpc) is 2.16.